The van der Waals surface area contributed by atoms with Crippen molar-refractivity contribution >= 4 is 28.6 Å². The lowest BCUT2D eigenvalue weighted by molar-refractivity contribution is -0.131. The van der Waals surface area contributed by atoms with Crippen LogP contribution in [0.3, 0.4) is 0 Å². The summed E-state index contributed by atoms with van der Waals surface area (Å²) in [6, 6.07) is 13.0. The number of carbonyl (C=O) groups is 1. The second-order valence-electron chi connectivity index (χ2n) is 6.89. The van der Waals surface area contributed by atoms with Crippen molar-refractivity contribution in [2.24, 2.45) is 5.10 Å². The fraction of sp³-hybridized carbons (Fsp3) is 0.273. The molecular weight excluding hydrogens is 402 g/mol. The van der Waals surface area contributed by atoms with Crippen LogP contribution in [0, 0.1) is 0 Å². The third-order valence-electron chi connectivity index (χ3n) is 5.02. The van der Waals surface area contributed by atoms with E-state index in [-0.39, 0.29) is 18.5 Å². The fourth-order valence-corrected chi connectivity index (χ4v) is 4.18. The molecule has 0 spiro atoms. The Morgan fingerprint density at radius 3 is 2.73 bits per heavy atom. The minimum atomic E-state index is -0.247. The standard InChI is InChI=1S/C22H23N3O4S/c1-24(15-8-9-19(27-2)20(12-15)28-3)14-22(26)25-17(18-6-4-10-29-18)13-16(23-25)21-7-5-11-30-21/h4-12,17H,13-14H2,1-3H3. The normalized spacial score (nSPS) is 15.8. The molecule has 1 aliphatic rings. The Morgan fingerprint density at radius 1 is 1.23 bits per heavy atom. The summed E-state index contributed by atoms with van der Waals surface area (Å²) in [7, 11) is 5.04. The average Bonchev–Trinajstić information content (AvgIpc) is 3.53. The van der Waals surface area contributed by atoms with Gasteiger partial charge in [-0.25, -0.2) is 5.01 Å². The number of nitrogens with zero attached hydrogens (tertiary/aromatic N) is 3. The monoisotopic (exact) mass is 425 g/mol. The van der Waals surface area contributed by atoms with Crippen molar-refractivity contribution in [3.05, 3.63) is 64.7 Å². The van der Waals surface area contributed by atoms with Crippen LogP contribution in [-0.4, -0.2) is 44.4 Å². The first kappa shape index (κ1) is 20.0. The van der Waals surface area contributed by atoms with Gasteiger partial charge >= 0.3 is 0 Å². The summed E-state index contributed by atoms with van der Waals surface area (Å²) >= 11 is 1.62. The van der Waals surface area contributed by atoms with Crippen LogP contribution in [0.25, 0.3) is 0 Å². The summed E-state index contributed by atoms with van der Waals surface area (Å²) in [5, 5.41) is 8.21. The van der Waals surface area contributed by atoms with Crippen molar-refractivity contribution in [1.82, 2.24) is 5.01 Å². The Morgan fingerprint density at radius 2 is 2.07 bits per heavy atom. The number of rotatable bonds is 7. The molecule has 0 bridgehead atoms. The van der Waals surface area contributed by atoms with Crippen LogP contribution in [0.2, 0.25) is 0 Å². The lowest BCUT2D eigenvalue weighted by Crippen LogP contribution is -2.36. The fourth-order valence-electron chi connectivity index (χ4n) is 3.46. The number of thiophene rings is 1. The molecule has 4 rings (SSSR count). The quantitative estimate of drug-likeness (QED) is 0.568. The average molecular weight is 426 g/mol. The van der Waals surface area contributed by atoms with E-state index in [2.05, 4.69) is 5.10 Å². The molecule has 0 radical (unpaired) electrons. The second-order valence-corrected chi connectivity index (χ2v) is 7.84. The summed E-state index contributed by atoms with van der Waals surface area (Å²) in [4.78, 5) is 16.1. The van der Waals surface area contributed by atoms with E-state index in [1.54, 1.807) is 36.8 Å². The number of hydrogen-bond acceptors (Lipinski definition) is 7. The summed E-state index contributed by atoms with van der Waals surface area (Å²) < 4.78 is 16.3. The number of hydrazone groups is 1. The van der Waals surface area contributed by atoms with E-state index >= 15 is 0 Å². The van der Waals surface area contributed by atoms with E-state index in [1.165, 1.54) is 0 Å². The van der Waals surface area contributed by atoms with Crippen LogP contribution in [-0.2, 0) is 4.79 Å². The molecule has 1 unspecified atom stereocenters. The zero-order chi connectivity index (χ0) is 21.1. The molecule has 30 heavy (non-hydrogen) atoms. The van der Waals surface area contributed by atoms with Crippen molar-refractivity contribution in [3.63, 3.8) is 0 Å². The van der Waals surface area contributed by atoms with E-state index in [0.717, 1.165) is 22.0 Å². The summed E-state index contributed by atoms with van der Waals surface area (Å²) in [5.74, 6) is 1.87. The van der Waals surface area contributed by atoms with Crippen LogP contribution in [0.15, 0.2) is 63.6 Å². The van der Waals surface area contributed by atoms with Crippen LogP contribution in [0.5, 0.6) is 11.5 Å². The molecule has 8 heteroatoms. The Kier molecular flexibility index (Phi) is 5.76. The highest BCUT2D eigenvalue weighted by molar-refractivity contribution is 7.12. The Labute approximate surface area is 179 Å². The van der Waals surface area contributed by atoms with Crippen molar-refractivity contribution in [2.75, 3.05) is 32.7 Å². The van der Waals surface area contributed by atoms with Gasteiger partial charge in [0.1, 0.15) is 11.8 Å². The molecule has 0 N–H and O–H groups in total. The topological polar surface area (TPSA) is 67.5 Å². The maximum absolute atomic E-state index is 13.2. The number of methoxy groups -OCH3 is 2. The summed E-state index contributed by atoms with van der Waals surface area (Å²) in [6.45, 7) is 0.161. The zero-order valence-corrected chi connectivity index (χ0v) is 17.9. The summed E-state index contributed by atoms with van der Waals surface area (Å²) in [5.41, 5.74) is 1.74. The van der Waals surface area contributed by atoms with Gasteiger partial charge in [-0.3, -0.25) is 4.79 Å². The maximum Gasteiger partial charge on any atom is 0.262 e. The first-order valence-electron chi connectivity index (χ1n) is 9.50. The second kappa shape index (κ2) is 8.62. The smallest absolute Gasteiger partial charge is 0.262 e. The van der Waals surface area contributed by atoms with E-state index < -0.39 is 0 Å². The molecule has 1 amide bonds. The van der Waals surface area contributed by atoms with Gasteiger partial charge in [-0.15, -0.1) is 11.3 Å². The molecule has 156 valence electrons. The minimum Gasteiger partial charge on any atom is -0.493 e. The Hall–Kier alpha value is -3.26. The molecule has 0 saturated carbocycles. The number of furan rings is 1. The van der Waals surface area contributed by atoms with Gasteiger partial charge in [-0.1, -0.05) is 6.07 Å². The van der Waals surface area contributed by atoms with Crippen molar-refractivity contribution in [2.45, 2.75) is 12.5 Å². The number of ether oxygens (including phenoxy) is 2. The van der Waals surface area contributed by atoms with Crippen molar-refractivity contribution in [3.8, 4) is 11.5 Å². The third kappa shape index (κ3) is 3.91. The number of anilines is 1. The van der Waals surface area contributed by atoms with Gasteiger partial charge in [0.15, 0.2) is 11.5 Å². The predicted octanol–water partition coefficient (Wildman–Crippen LogP) is 4.17. The molecule has 7 nitrogen and oxygen atoms in total. The number of amides is 1. The first-order valence-corrected chi connectivity index (χ1v) is 10.4. The SMILES string of the molecule is COc1ccc(N(C)CC(=O)N2N=C(c3cccs3)CC2c2ccco2)cc1OC. The highest BCUT2D eigenvalue weighted by atomic mass is 32.1. The van der Waals surface area contributed by atoms with Gasteiger partial charge in [-0.05, 0) is 35.7 Å². The van der Waals surface area contributed by atoms with Crippen LogP contribution < -0.4 is 14.4 Å². The number of likely N-dealkylation sites (N-methyl/N-ethyl adjacent to an activating group) is 1. The van der Waals surface area contributed by atoms with Crippen LogP contribution in [0.1, 0.15) is 23.1 Å². The third-order valence-corrected chi connectivity index (χ3v) is 5.94. The highest BCUT2D eigenvalue weighted by Gasteiger charge is 2.35. The number of benzene rings is 1. The lowest BCUT2D eigenvalue weighted by atomic mass is 10.1. The predicted molar refractivity (Wildman–Crippen MR) is 117 cm³/mol. The van der Waals surface area contributed by atoms with Gasteiger partial charge < -0.3 is 18.8 Å². The minimum absolute atomic E-state index is 0.111. The molecule has 3 aromatic rings. The molecule has 0 fully saturated rings. The maximum atomic E-state index is 13.2. The van der Waals surface area contributed by atoms with Crippen LogP contribution in [0.4, 0.5) is 5.69 Å². The van der Waals surface area contributed by atoms with Crippen LogP contribution >= 0.6 is 11.3 Å². The molecule has 1 aliphatic heterocycles. The van der Waals surface area contributed by atoms with Crippen molar-refractivity contribution < 1.29 is 18.7 Å². The Bertz CT molecular complexity index is 1030. The van der Waals surface area contributed by atoms with E-state index in [0.29, 0.717) is 17.9 Å². The van der Waals surface area contributed by atoms with Gasteiger partial charge in [0.05, 0.1) is 37.6 Å². The number of hydrogen-bond donors (Lipinski definition) is 0. The highest BCUT2D eigenvalue weighted by Crippen LogP contribution is 2.35. The Balaban J connectivity index is 1.55. The molecule has 3 heterocycles. The van der Waals surface area contributed by atoms with Crippen molar-refractivity contribution in [1.29, 1.82) is 0 Å². The van der Waals surface area contributed by atoms with Gasteiger partial charge in [-0.2, -0.15) is 5.10 Å². The molecular formula is C22H23N3O4S. The van der Waals surface area contributed by atoms with E-state index in [4.69, 9.17) is 13.9 Å². The molecule has 0 saturated heterocycles. The van der Waals surface area contributed by atoms with Gasteiger partial charge in [0.2, 0.25) is 0 Å². The molecule has 1 aromatic carbocycles. The zero-order valence-electron chi connectivity index (χ0n) is 17.1. The first-order chi connectivity index (χ1) is 14.6. The number of carbonyl (C=O) groups excluding carboxylic acids is 1. The molecule has 1 atom stereocenters. The van der Waals surface area contributed by atoms with E-state index in [9.17, 15) is 4.79 Å². The van der Waals surface area contributed by atoms with E-state index in [1.807, 2.05) is 59.8 Å². The lowest BCUT2D eigenvalue weighted by Gasteiger charge is -2.25. The van der Waals surface area contributed by atoms with Gasteiger partial charge in [0, 0.05) is 25.2 Å². The van der Waals surface area contributed by atoms with Gasteiger partial charge in [0.25, 0.3) is 5.91 Å². The summed E-state index contributed by atoms with van der Waals surface area (Å²) in [6.07, 6.45) is 2.25. The molecule has 0 aliphatic carbocycles. The molecule has 2 aromatic heterocycles. The largest absolute Gasteiger partial charge is 0.493 e.